The van der Waals surface area contributed by atoms with E-state index in [1.807, 2.05) is 36.4 Å². The number of hydrogen-bond donors (Lipinski definition) is 0. The van der Waals surface area contributed by atoms with Gasteiger partial charge in [0.25, 0.3) is 5.91 Å². The first-order valence-electron chi connectivity index (χ1n) is 6.62. The Morgan fingerprint density at radius 1 is 1.19 bits per heavy atom. The largest absolute Gasteiger partial charge is 0.316 e. The summed E-state index contributed by atoms with van der Waals surface area (Å²) >= 11 is 5.10. The molecule has 0 aliphatic heterocycles. The van der Waals surface area contributed by atoms with E-state index < -0.39 is 0 Å². The number of thiazole rings is 1. The Balaban J connectivity index is 2.19. The van der Waals surface area contributed by atoms with Gasteiger partial charge in [0.2, 0.25) is 0 Å². The van der Waals surface area contributed by atoms with Crippen molar-refractivity contribution in [2.24, 2.45) is 4.99 Å². The van der Waals surface area contributed by atoms with Gasteiger partial charge in [-0.3, -0.25) is 4.79 Å². The summed E-state index contributed by atoms with van der Waals surface area (Å²) in [7, 11) is 0. The summed E-state index contributed by atoms with van der Waals surface area (Å²) in [5.41, 5.74) is 1.70. The molecule has 0 fully saturated rings. The molecule has 1 amide bonds. The Labute approximate surface area is 134 Å². The minimum absolute atomic E-state index is 0.208. The third-order valence-corrected chi connectivity index (χ3v) is 4.87. The summed E-state index contributed by atoms with van der Waals surface area (Å²) < 4.78 is 4.20. The second kappa shape index (κ2) is 5.95. The number of para-hydroxylation sites is 1. The lowest BCUT2D eigenvalue weighted by molar-refractivity contribution is 0.0998. The summed E-state index contributed by atoms with van der Waals surface area (Å²) in [6.07, 6.45) is 0. The van der Waals surface area contributed by atoms with Gasteiger partial charge in [0.05, 0.1) is 10.2 Å². The standard InChI is InChI=1S/C16H13BrN2OS/c1-2-19-14-12(17)9-6-10-13(14)21-16(19)18-15(20)11-7-4-3-5-8-11/h3-10H,2H2,1H3. The maximum Gasteiger partial charge on any atom is 0.279 e. The molecule has 3 nitrogen and oxygen atoms in total. The number of nitrogens with zero attached hydrogens (tertiary/aromatic N) is 2. The second-order valence-corrected chi connectivity index (χ2v) is 6.36. The van der Waals surface area contributed by atoms with Crippen LogP contribution in [0, 0.1) is 0 Å². The molecule has 0 saturated heterocycles. The highest BCUT2D eigenvalue weighted by molar-refractivity contribution is 9.10. The fraction of sp³-hybridized carbons (Fsp3) is 0.125. The molecule has 0 unspecified atom stereocenters. The molecule has 0 saturated carbocycles. The topological polar surface area (TPSA) is 34.4 Å². The predicted octanol–water partition coefficient (Wildman–Crippen LogP) is 4.23. The van der Waals surface area contributed by atoms with Crippen molar-refractivity contribution < 1.29 is 4.79 Å². The maximum absolute atomic E-state index is 12.3. The van der Waals surface area contributed by atoms with Gasteiger partial charge in [-0.25, -0.2) is 0 Å². The zero-order valence-corrected chi connectivity index (χ0v) is 13.8. The summed E-state index contributed by atoms with van der Waals surface area (Å²) in [5, 5.41) is 0. The Kier molecular flexibility index (Phi) is 4.03. The highest BCUT2D eigenvalue weighted by atomic mass is 79.9. The van der Waals surface area contributed by atoms with Crippen molar-refractivity contribution in [2.45, 2.75) is 13.5 Å². The highest BCUT2D eigenvalue weighted by Gasteiger charge is 2.10. The molecule has 106 valence electrons. The van der Waals surface area contributed by atoms with Gasteiger partial charge >= 0.3 is 0 Å². The van der Waals surface area contributed by atoms with Crippen molar-refractivity contribution in [3.05, 3.63) is 63.4 Å². The van der Waals surface area contributed by atoms with Crippen LogP contribution in [-0.4, -0.2) is 10.5 Å². The number of carbonyl (C=O) groups excluding carboxylic acids is 1. The molecular formula is C16H13BrN2OS. The number of aryl methyl sites for hydroxylation is 1. The fourth-order valence-corrected chi connectivity index (χ4v) is 4.03. The van der Waals surface area contributed by atoms with Crippen LogP contribution in [-0.2, 0) is 6.54 Å². The molecule has 1 heterocycles. The van der Waals surface area contributed by atoms with Crippen LogP contribution in [0.3, 0.4) is 0 Å². The van der Waals surface area contributed by atoms with E-state index in [-0.39, 0.29) is 5.91 Å². The summed E-state index contributed by atoms with van der Waals surface area (Å²) in [4.78, 5) is 17.3. The van der Waals surface area contributed by atoms with Crippen LogP contribution in [0.1, 0.15) is 17.3 Å². The van der Waals surface area contributed by atoms with Crippen LogP contribution in [0.4, 0.5) is 0 Å². The normalized spacial score (nSPS) is 12.0. The summed E-state index contributed by atoms with van der Waals surface area (Å²) in [6.45, 7) is 2.82. The van der Waals surface area contributed by atoms with Gasteiger partial charge in [-0.15, -0.1) is 0 Å². The minimum atomic E-state index is -0.208. The zero-order chi connectivity index (χ0) is 14.8. The molecule has 0 aliphatic rings. The number of rotatable bonds is 2. The summed E-state index contributed by atoms with van der Waals surface area (Å²) in [5.74, 6) is -0.208. The van der Waals surface area contributed by atoms with Gasteiger partial charge < -0.3 is 4.57 Å². The van der Waals surface area contributed by atoms with Crippen LogP contribution < -0.4 is 4.80 Å². The first-order chi connectivity index (χ1) is 10.2. The van der Waals surface area contributed by atoms with Crippen molar-refractivity contribution in [3.8, 4) is 0 Å². The molecule has 21 heavy (non-hydrogen) atoms. The predicted molar refractivity (Wildman–Crippen MR) is 89.5 cm³/mol. The van der Waals surface area contributed by atoms with Crippen molar-refractivity contribution >= 4 is 43.4 Å². The molecule has 0 N–H and O–H groups in total. The van der Waals surface area contributed by atoms with E-state index in [2.05, 4.69) is 32.4 Å². The Bertz CT molecular complexity index is 865. The van der Waals surface area contributed by atoms with Crippen molar-refractivity contribution in [2.75, 3.05) is 0 Å². The van der Waals surface area contributed by atoms with E-state index in [9.17, 15) is 4.79 Å². The lowest BCUT2D eigenvalue weighted by atomic mass is 10.2. The molecule has 2 aromatic carbocycles. The Hall–Kier alpha value is -1.72. The van der Waals surface area contributed by atoms with Gasteiger partial charge in [0.1, 0.15) is 0 Å². The third-order valence-electron chi connectivity index (χ3n) is 3.19. The van der Waals surface area contributed by atoms with E-state index in [1.165, 1.54) is 11.3 Å². The van der Waals surface area contributed by atoms with E-state index in [1.54, 1.807) is 12.1 Å². The molecule has 0 bridgehead atoms. The van der Waals surface area contributed by atoms with Gasteiger partial charge in [-0.2, -0.15) is 4.99 Å². The van der Waals surface area contributed by atoms with Crippen molar-refractivity contribution in [1.82, 2.24) is 4.57 Å². The number of amides is 1. The first-order valence-corrected chi connectivity index (χ1v) is 8.23. The Morgan fingerprint density at radius 2 is 1.95 bits per heavy atom. The average molecular weight is 361 g/mol. The molecule has 5 heteroatoms. The van der Waals surface area contributed by atoms with Crippen LogP contribution in [0.25, 0.3) is 10.2 Å². The molecule has 0 atom stereocenters. The Morgan fingerprint density at radius 3 is 2.67 bits per heavy atom. The minimum Gasteiger partial charge on any atom is -0.316 e. The maximum atomic E-state index is 12.3. The van der Waals surface area contributed by atoms with Crippen LogP contribution in [0.5, 0.6) is 0 Å². The van der Waals surface area contributed by atoms with Gasteiger partial charge in [0, 0.05) is 16.6 Å². The zero-order valence-electron chi connectivity index (χ0n) is 11.4. The lowest BCUT2D eigenvalue weighted by Crippen LogP contribution is -2.16. The van der Waals surface area contributed by atoms with Crippen LogP contribution in [0.15, 0.2) is 58.0 Å². The number of benzene rings is 2. The number of carbonyl (C=O) groups is 1. The van der Waals surface area contributed by atoms with Gasteiger partial charge in [-0.05, 0) is 47.1 Å². The van der Waals surface area contributed by atoms with Crippen molar-refractivity contribution in [1.29, 1.82) is 0 Å². The number of halogens is 1. The lowest BCUT2D eigenvalue weighted by Gasteiger charge is -2.02. The highest BCUT2D eigenvalue weighted by Crippen LogP contribution is 2.25. The molecule has 3 rings (SSSR count). The third kappa shape index (κ3) is 2.71. The monoisotopic (exact) mass is 360 g/mol. The second-order valence-electron chi connectivity index (χ2n) is 4.50. The summed E-state index contributed by atoms with van der Waals surface area (Å²) in [6, 6.07) is 15.2. The number of hydrogen-bond acceptors (Lipinski definition) is 2. The number of aromatic nitrogens is 1. The first kappa shape index (κ1) is 14.2. The average Bonchev–Trinajstić information content (AvgIpc) is 2.86. The van der Waals surface area contributed by atoms with E-state index >= 15 is 0 Å². The number of fused-ring (bicyclic) bond motifs is 1. The smallest absolute Gasteiger partial charge is 0.279 e. The molecule has 0 radical (unpaired) electrons. The molecule has 3 aromatic rings. The fourth-order valence-electron chi connectivity index (χ4n) is 2.20. The van der Waals surface area contributed by atoms with Crippen LogP contribution in [0.2, 0.25) is 0 Å². The SMILES string of the molecule is CCn1c(=NC(=O)c2ccccc2)sc2cccc(Br)c21. The molecular weight excluding hydrogens is 348 g/mol. The van der Waals surface area contributed by atoms with E-state index in [0.717, 1.165) is 26.0 Å². The van der Waals surface area contributed by atoms with Crippen molar-refractivity contribution in [3.63, 3.8) is 0 Å². The van der Waals surface area contributed by atoms with Gasteiger partial charge in [-0.1, -0.05) is 35.6 Å². The molecule has 0 spiro atoms. The molecule has 1 aromatic heterocycles. The van der Waals surface area contributed by atoms with Crippen LogP contribution >= 0.6 is 27.3 Å². The van der Waals surface area contributed by atoms with Gasteiger partial charge in [0.15, 0.2) is 4.80 Å². The molecule has 0 aliphatic carbocycles. The van der Waals surface area contributed by atoms with E-state index in [0.29, 0.717) is 5.56 Å². The quantitative estimate of drug-likeness (QED) is 0.673. The van der Waals surface area contributed by atoms with E-state index in [4.69, 9.17) is 0 Å².